The molecule has 0 radical (unpaired) electrons. The van der Waals surface area contributed by atoms with Crippen LogP contribution in [-0.4, -0.2) is 23.0 Å². The molecular formula is C19H21N3O6. The number of nitrogens with two attached hydrogens (primary N) is 1. The summed E-state index contributed by atoms with van der Waals surface area (Å²) in [5, 5.41) is 13.3. The van der Waals surface area contributed by atoms with Gasteiger partial charge in [0.2, 0.25) is 5.91 Å². The third-order valence-corrected chi connectivity index (χ3v) is 3.85. The Morgan fingerprint density at radius 2 is 1.71 bits per heavy atom. The van der Waals surface area contributed by atoms with Crippen LogP contribution in [0.4, 0.5) is 16.2 Å². The third-order valence-electron chi connectivity index (χ3n) is 3.85. The Balaban J connectivity index is 1.83. The van der Waals surface area contributed by atoms with Crippen molar-refractivity contribution in [2.24, 2.45) is 11.7 Å². The Morgan fingerprint density at radius 1 is 1.11 bits per heavy atom. The molecule has 28 heavy (non-hydrogen) atoms. The molecule has 0 saturated heterocycles. The average Bonchev–Trinajstić information content (AvgIpc) is 2.67. The number of amides is 1. The van der Waals surface area contributed by atoms with Gasteiger partial charge in [0.05, 0.1) is 11.0 Å². The van der Waals surface area contributed by atoms with E-state index in [-0.39, 0.29) is 29.9 Å². The van der Waals surface area contributed by atoms with Gasteiger partial charge in [0.1, 0.15) is 12.4 Å². The van der Waals surface area contributed by atoms with Crippen LogP contribution in [0.1, 0.15) is 19.4 Å². The number of nitro benzene ring substituents is 1. The van der Waals surface area contributed by atoms with Gasteiger partial charge in [-0.25, -0.2) is 4.79 Å². The van der Waals surface area contributed by atoms with Crippen molar-refractivity contribution in [2.45, 2.75) is 26.5 Å². The van der Waals surface area contributed by atoms with Crippen LogP contribution < -0.4 is 15.8 Å². The molecule has 9 heteroatoms. The second-order valence-corrected chi connectivity index (χ2v) is 6.35. The number of nitrogens with one attached hydrogen (secondary N) is 1. The highest BCUT2D eigenvalue weighted by molar-refractivity contribution is 5.94. The van der Waals surface area contributed by atoms with Crippen LogP contribution in [0.2, 0.25) is 0 Å². The Morgan fingerprint density at radius 3 is 2.25 bits per heavy atom. The number of carbonyl (C=O) groups excluding carboxylic acids is 2. The Kier molecular flexibility index (Phi) is 7.05. The van der Waals surface area contributed by atoms with Crippen LogP contribution in [-0.2, 0) is 16.1 Å². The summed E-state index contributed by atoms with van der Waals surface area (Å²) in [5.41, 5.74) is 6.95. The summed E-state index contributed by atoms with van der Waals surface area (Å²) in [7, 11) is 0. The minimum absolute atomic E-state index is 0.0226. The van der Waals surface area contributed by atoms with E-state index in [0.29, 0.717) is 11.3 Å². The van der Waals surface area contributed by atoms with E-state index >= 15 is 0 Å². The lowest BCUT2D eigenvalue weighted by atomic mass is 10.0. The number of carbonyl (C=O) groups is 2. The summed E-state index contributed by atoms with van der Waals surface area (Å²) >= 11 is 0. The van der Waals surface area contributed by atoms with Gasteiger partial charge in [-0.15, -0.1) is 0 Å². The molecule has 0 fully saturated rings. The van der Waals surface area contributed by atoms with E-state index in [4.69, 9.17) is 15.2 Å². The molecule has 148 valence electrons. The minimum Gasteiger partial charge on any atom is -0.429 e. The van der Waals surface area contributed by atoms with E-state index in [0.717, 1.165) is 0 Å². The van der Waals surface area contributed by atoms with Gasteiger partial charge in [-0.2, -0.15) is 0 Å². The Labute approximate surface area is 161 Å². The molecule has 2 aromatic rings. The summed E-state index contributed by atoms with van der Waals surface area (Å²) in [5.74, 6) is -0.115. The normalized spacial score (nSPS) is 11.6. The monoisotopic (exact) mass is 387 g/mol. The summed E-state index contributed by atoms with van der Waals surface area (Å²) in [4.78, 5) is 33.7. The molecule has 1 amide bonds. The lowest BCUT2D eigenvalue weighted by Gasteiger charge is -2.15. The van der Waals surface area contributed by atoms with E-state index in [1.807, 2.05) is 13.8 Å². The molecule has 1 atom stereocenters. The molecule has 0 bridgehead atoms. The van der Waals surface area contributed by atoms with Crippen molar-refractivity contribution in [2.75, 3.05) is 5.32 Å². The highest BCUT2D eigenvalue weighted by Crippen LogP contribution is 2.18. The van der Waals surface area contributed by atoms with Crippen LogP contribution in [0.3, 0.4) is 0 Å². The Bertz CT molecular complexity index is 834. The Hall–Kier alpha value is -3.46. The van der Waals surface area contributed by atoms with Gasteiger partial charge in [-0.1, -0.05) is 26.0 Å². The average molecular weight is 387 g/mol. The zero-order valence-corrected chi connectivity index (χ0v) is 15.5. The van der Waals surface area contributed by atoms with Crippen molar-refractivity contribution in [3.8, 4) is 5.75 Å². The van der Waals surface area contributed by atoms with Crippen molar-refractivity contribution in [3.63, 3.8) is 0 Å². The minimum atomic E-state index is -0.936. The molecule has 3 N–H and O–H groups in total. The van der Waals surface area contributed by atoms with Crippen LogP contribution in [0.5, 0.6) is 5.75 Å². The predicted octanol–water partition coefficient (Wildman–Crippen LogP) is 3.23. The van der Waals surface area contributed by atoms with Crippen molar-refractivity contribution >= 4 is 23.4 Å². The first-order valence-corrected chi connectivity index (χ1v) is 8.50. The van der Waals surface area contributed by atoms with Gasteiger partial charge in [0.25, 0.3) is 5.69 Å². The molecule has 0 heterocycles. The van der Waals surface area contributed by atoms with Crippen LogP contribution in [0.25, 0.3) is 0 Å². The fourth-order valence-electron chi connectivity index (χ4n) is 2.12. The molecule has 0 aromatic heterocycles. The van der Waals surface area contributed by atoms with E-state index in [1.165, 1.54) is 24.3 Å². The second kappa shape index (κ2) is 9.47. The molecule has 9 nitrogen and oxygen atoms in total. The summed E-state index contributed by atoms with van der Waals surface area (Å²) in [6, 6.07) is 11.2. The maximum atomic E-state index is 11.9. The highest BCUT2D eigenvalue weighted by Gasteiger charge is 2.17. The van der Waals surface area contributed by atoms with Crippen molar-refractivity contribution < 1.29 is 24.0 Å². The van der Waals surface area contributed by atoms with Crippen LogP contribution in [0.15, 0.2) is 48.5 Å². The fraction of sp³-hybridized carbons (Fsp3) is 0.263. The van der Waals surface area contributed by atoms with Crippen molar-refractivity contribution in [1.82, 2.24) is 0 Å². The first-order chi connectivity index (χ1) is 13.3. The second-order valence-electron chi connectivity index (χ2n) is 6.35. The highest BCUT2D eigenvalue weighted by atomic mass is 16.7. The number of nitro groups is 1. The van der Waals surface area contributed by atoms with Gasteiger partial charge >= 0.3 is 6.16 Å². The van der Waals surface area contributed by atoms with E-state index in [9.17, 15) is 19.7 Å². The van der Waals surface area contributed by atoms with Crippen LogP contribution >= 0.6 is 0 Å². The zero-order valence-electron chi connectivity index (χ0n) is 15.5. The number of nitrogens with zero attached hydrogens (tertiary/aromatic N) is 1. The van der Waals surface area contributed by atoms with E-state index in [1.54, 1.807) is 24.3 Å². The summed E-state index contributed by atoms with van der Waals surface area (Å²) < 4.78 is 9.94. The molecule has 0 unspecified atom stereocenters. The summed E-state index contributed by atoms with van der Waals surface area (Å²) in [6.45, 7) is 3.69. The fourth-order valence-corrected chi connectivity index (χ4v) is 2.12. The molecule has 0 aliphatic heterocycles. The molecule has 2 rings (SSSR count). The van der Waals surface area contributed by atoms with Crippen molar-refractivity contribution in [3.05, 3.63) is 64.2 Å². The topological polar surface area (TPSA) is 134 Å². The summed E-state index contributed by atoms with van der Waals surface area (Å²) in [6.07, 6.45) is -0.936. The first kappa shape index (κ1) is 20.8. The molecule has 0 saturated carbocycles. The van der Waals surface area contributed by atoms with Crippen LogP contribution in [0, 0.1) is 16.0 Å². The maximum absolute atomic E-state index is 11.9. The molecule has 2 aromatic carbocycles. The molecule has 0 aliphatic rings. The third kappa shape index (κ3) is 6.06. The lowest BCUT2D eigenvalue weighted by Crippen LogP contribution is -2.39. The van der Waals surface area contributed by atoms with E-state index < -0.39 is 17.1 Å². The first-order valence-electron chi connectivity index (χ1n) is 8.50. The number of non-ortho nitro benzene ring substituents is 1. The SMILES string of the molecule is CC(C)[C@H](N)C(=O)Nc1ccc(COC(=O)Oc2ccc([N+](=O)[O-])cc2)cc1. The molecule has 0 spiro atoms. The predicted molar refractivity (Wildman–Crippen MR) is 102 cm³/mol. The van der Waals surface area contributed by atoms with Crippen molar-refractivity contribution in [1.29, 1.82) is 0 Å². The number of ether oxygens (including phenoxy) is 2. The number of hydrogen-bond acceptors (Lipinski definition) is 7. The standard InChI is InChI=1S/C19H21N3O6/c1-12(2)17(20)18(23)21-14-5-3-13(4-6-14)11-27-19(24)28-16-9-7-15(8-10-16)22(25)26/h3-10,12,17H,11,20H2,1-2H3,(H,21,23)/t17-/m0/s1. The van der Waals surface area contributed by atoms with Gasteiger partial charge < -0.3 is 20.5 Å². The number of hydrogen-bond donors (Lipinski definition) is 2. The zero-order chi connectivity index (χ0) is 20.7. The van der Waals surface area contributed by atoms with Gasteiger partial charge in [0.15, 0.2) is 0 Å². The number of benzene rings is 2. The maximum Gasteiger partial charge on any atom is 0.514 e. The molecule has 0 aliphatic carbocycles. The largest absolute Gasteiger partial charge is 0.514 e. The molecular weight excluding hydrogens is 366 g/mol. The van der Waals surface area contributed by atoms with E-state index in [2.05, 4.69) is 5.32 Å². The number of anilines is 1. The van der Waals surface area contributed by atoms with Gasteiger partial charge in [-0.05, 0) is 35.7 Å². The number of rotatable bonds is 7. The van der Waals surface area contributed by atoms with Gasteiger partial charge in [0, 0.05) is 17.8 Å². The smallest absolute Gasteiger partial charge is 0.429 e. The lowest BCUT2D eigenvalue weighted by molar-refractivity contribution is -0.384. The van der Waals surface area contributed by atoms with Gasteiger partial charge in [-0.3, -0.25) is 14.9 Å². The quantitative estimate of drug-likeness (QED) is 0.322.